The van der Waals surface area contributed by atoms with E-state index in [0.29, 0.717) is 11.5 Å². The average molecular weight is 295 g/mol. The molecule has 1 aromatic heterocycles. The standard InChI is InChI=1S/C16H29N3S/c1-6-17-11-14-12(2)18-15(20-14)19(5)13-7-9-16(3,4)10-8-13/h13,17H,6-11H2,1-5H3. The third kappa shape index (κ3) is 3.73. The van der Waals surface area contributed by atoms with Crippen LogP contribution in [0.5, 0.6) is 0 Å². The molecule has 1 aromatic rings. The summed E-state index contributed by atoms with van der Waals surface area (Å²) < 4.78 is 0. The Morgan fingerprint density at radius 2 is 2.00 bits per heavy atom. The molecule has 3 nitrogen and oxygen atoms in total. The van der Waals surface area contributed by atoms with Crippen LogP contribution in [-0.2, 0) is 6.54 Å². The molecule has 1 fully saturated rings. The SMILES string of the molecule is CCNCc1sc(N(C)C2CCC(C)(C)CC2)nc1C. The average Bonchev–Trinajstić information content (AvgIpc) is 2.77. The van der Waals surface area contributed by atoms with Gasteiger partial charge < -0.3 is 10.2 Å². The van der Waals surface area contributed by atoms with Gasteiger partial charge in [0.25, 0.3) is 0 Å². The van der Waals surface area contributed by atoms with E-state index >= 15 is 0 Å². The van der Waals surface area contributed by atoms with Crippen molar-refractivity contribution in [3.8, 4) is 0 Å². The van der Waals surface area contributed by atoms with Gasteiger partial charge in [-0.15, -0.1) is 11.3 Å². The zero-order valence-electron chi connectivity index (χ0n) is 13.6. The van der Waals surface area contributed by atoms with Crippen LogP contribution in [-0.4, -0.2) is 24.6 Å². The molecule has 1 N–H and O–H groups in total. The quantitative estimate of drug-likeness (QED) is 0.891. The summed E-state index contributed by atoms with van der Waals surface area (Å²) in [4.78, 5) is 8.58. The lowest BCUT2D eigenvalue weighted by Crippen LogP contribution is -2.37. The van der Waals surface area contributed by atoms with Crippen molar-refractivity contribution in [1.29, 1.82) is 0 Å². The van der Waals surface area contributed by atoms with Crippen molar-refractivity contribution in [2.24, 2.45) is 5.41 Å². The Morgan fingerprint density at radius 3 is 2.60 bits per heavy atom. The fourth-order valence-electron chi connectivity index (χ4n) is 2.89. The molecule has 1 heterocycles. The van der Waals surface area contributed by atoms with Crippen LogP contribution in [0.25, 0.3) is 0 Å². The first kappa shape index (κ1) is 15.8. The van der Waals surface area contributed by atoms with E-state index in [1.165, 1.54) is 41.4 Å². The van der Waals surface area contributed by atoms with Crippen molar-refractivity contribution in [2.75, 3.05) is 18.5 Å². The number of thiazole rings is 1. The maximum absolute atomic E-state index is 4.78. The van der Waals surface area contributed by atoms with Gasteiger partial charge in [0.2, 0.25) is 0 Å². The van der Waals surface area contributed by atoms with Crippen LogP contribution in [0.3, 0.4) is 0 Å². The summed E-state index contributed by atoms with van der Waals surface area (Å²) >= 11 is 1.85. The van der Waals surface area contributed by atoms with Crippen molar-refractivity contribution in [2.45, 2.75) is 66.0 Å². The molecule has 4 heteroatoms. The minimum atomic E-state index is 0.534. The Labute approximate surface area is 127 Å². The summed E-state index contributed by atoms with van der Waals surface area (Å²) in [5.74, 6) is 0. The molecular formula is C16H29N3S. The van der Waals surface area contributed by atoms with Crippen molar-refractivity contribution < 1.29 is 0 Å². The van der Waals surface area contributed by atoms with E-state index in [9.17, 15) is 0 Å². The van der Waals surface area contributed by atoms with Crippen molar-refractivity contribution >= 4 is 16.5 Å². The zero-order valence-corrected chi connectivity index (χ0v) is 14.4. The van der Waals surface area contributed by atoms with Gasteiger partial charge in [0.05, 0.1) is 5.69 Å². The smallest absolute Gasteiger partial charge is 0.185 e. The second kappa shape index (κ2) is 6.44. The van der Waals surface area contributed by atoms with Crippen LogP contribution >= 0.6 is 11.3 Å². The van der Waals surface area contributed by atoms with E-state index in [2.05, 4.69) is 45.0 Å². The zero-order chi connectivity index (χ0) is 14.8. The van der Waals surface area contributed by atoms with Crippen molar-refractivity contribution in [3.63, 3.8) is 0 Å². The first-order chi connectivity index (χ1) is 9.43. The number of hydrogen-bond donors (Lipinski definition) is 1. The van der Waals surface area contributed by atoms with E-state index in [1.807, 2.05) is 11.3 Å². The van der Waals surface area contributed by atoms with Crippen LogP contribution in [0.4, 0.5) is 5.13 Å². The van der Waals surface area contributed by atoms with Gasteiger partial charge in [-0.1, -0.05) is 20.8 Å². The van der Waals surface area contributed by atoms with Gasteiger partial charge in [-0.3, -0.25) is 0 Å². The molecule has 1 aliphatic carbocycles. The van der Waals surface area contributed by atoms with Crippen LogP contribution in [0, 0.1) is 12.3 Å². The van der Waals surface area contributed by atoms with Gasteiger partial charge in [-0.25, -0.2) is 4.98 Å². The highest BCUT2D eigenvalue weighted by atomic mass is 32.1. The van der Waals surface area contributed by atoms with Crippen LogP contribution in [0.2, 0.25) is 0 Å². The second-order valence-electron chi connectivity index (χ2n) is 6.79. The minimum Gasteiger partial charge on any atom is -0.348 e. The highest BCUT2D eigenvalue weighted by molar-refractivity contribution is 7.15. The van der Waals surface area contributed by atoms with Crippen LogP contribution in [0.15, 0.2) is 0 Å². The number of nitrogens with zero attached hydrogens (tertiary/aromatic N) is 2. The van der Waals surface area contributed by atoms with Crippen molar-refractivity contribution in [3.05, 3.63) is 10.6 Å². The molecule has 0 radical (unpaired) electrons. The Bertz CT molecular complexity index is 429. The second-order valence-corrected chi connectivity index (χ2v) is 7.85. The molecule has 0 bridgehead atoms. The van der Waals surface area contributed by atoms with E-state index in [0.717, 1.165) is 13.1 Å². The molecule has 0 amide bonds. The Balaban J connectivity index is 2.00. The number of anilines is 1. The molecule has 0 aliphatic heterocycles. The molecule has 2 rings (SSSR count). The van der Waals surface area contributed by atoms with E-state index in [1.54, 1.807) is 0 Å². The lowest BCUT2D eigenvalue weighted by Gasteiger charge is -2.38. The summed E-state index contributed by atoms with van der Waals surface area (Å²) in [6.45, 7) is 11.0. The molecule has 0 unspecified atom stereocenters. The summed E-state index contributed by atoms with van der Waals surface area (Å²) in [5, 5.41) is 4.59. The van der Waals surface area contributed by atoms with Crippen molar-refractivity contribution in [1.82, 2.24) is 10.3 Å². The minimum absolute atomic E-state index is 0.534. The van der Waals surface area contributed by atoms with Crippen LogP contribution < -0.4 is 10.2 Å². The summed E-state index contributed by atoms with van der Waals surface area (Å²) in [6, 6.07) is 0.667. The molecule has 114 valence electrons. The monoisotopic (exact) mass is 295 g/mol. The van der Waals surface area contributed by atoms with E-state index in [-0.39, 0.29) is 0 Å². The van der Waals surface area contributed by atoms with E-state index in [4.69, 9.17) is 4.98 Å². The summed E-state index contributed by atoms with van der Waals surface area (Å²) in [6.07, 6.45) is 5.25. The maximum atomic E-state index is 4.78. The number of aromatic nitrogens is 1. The molecular weight excluding hydrogens is 266 g/mol. The fraction of sp³-hybridized carbons (Fsp3) is 0.812. The van der Waals surface area contributed by atoms with Gasteiger partial charge in [0.1, 0.15) is 0 Å². The number of hydrogen-bond acceptors (Lipinski definition) is 4. The predicted octanol–water partition coefficient (Wildman–Crippen LogP) is 3.97. The van der Waals surface area contributed by atoms with Gasteiger partial charge in [0.15, 0.2) is 5.13 Å². The predicted molar refractivity (Wildman–Crippen MR) is 88.7 cm³/mol. The first-order valence-electron chi connectivity index (χ1n) is 7.83. The molecule has 1 aliphatic rings. The third-order valence-corrected chi connectivity index (χ3v) is 5.82. The Kier molecular flexibility index (Phi) is 5.08. The summed E-state index contributed by atoms with van der Waals surface area (Å²) in [7, 11) is 2.22. The lowest BCUT2D eigenvalue weighted by molar-refractivity contribution is 0.222. The number of nitrogens with one attached hydrogen (secondary N) is 1. The number of rotatable bonds is 5. The Morgan fingerprint density at radius 1 is 1.35 bits per heavy atom. The van der Waals surface area contributed by atoms with Gasteiger partial charge >= 0.3 is 0 Å². The third-order valence-electron chi connectivity index (χ3n) is 4.58. The number of aryl methyl sites for hydroxylation is 1. The highest BCUT2D eigenvalue weighted by Crippen LogP contribution is 2.38. The summed E-state index contributed by atoms with van der Waals surface area (Å²) in [5.41, 5.74) is 1.72. The molecule has 1 saturated carbocycles. The molecule has 0 saturated heterocycles. The van der Waals surface area contributed by atoms with Gasteiger partial charge in [-0.2, -0.15) is 0 Å². The Hall–Kier alpha value is -0.610. The normalized spacial score (nSPS) is 19.2. The maximum Gasteiger partial charge on any atom is 0.185 e. The van der Waals surface area contributed by atoms with Crippen LogP contribution in [0.1, 0.15) is 57.0 Å². The topological polar surface area (TPSA) is 28.2 Å². The molecule has 0 spiro atoms. The lowest BCUT2D eigenvalue weighted by atomic mass is 9.75. The van der Waals surface area contributed by atoms with Gasteiger partial charge in [-0.05, 0) is 44.6 Å². The fourth-order valence-corrected chi connectivity index (χ4v) is 3.96. The molecule has 0 aromatic carbocycles. The first-order valence-corrected chi connectivity index (χ1v) is 8.64. The largest absolute Gasteiger partial charge is 0.348 e. The van der Waals surface area contributed by atoms with Gasteiger partial charge in [0, 0.05) is 24.5 Å². The highest BCUT2D eigenvalue weighted by Gasteiger charge is 2.29. The molecule has 20 heavy (non-hydrogen) atoms. The van der Waals surface area contributed by atoms with E-state index < -0.39 is 0 Å². The molecule has 0 atom stereocenters.